The Labute approximate surface area is 114 Å². The van der Waals surface area contributed by atoms with Gasteiger partial charge in [0.15, 0.2) is 0 Å². The highest BCUT2D eigenvalue weighted by atomic mass is 32.2. The number of hydrogen-bond acceptors (Lipinski definition) is 4. The van der Waals surface area contributed by atoms with E-state index in [0.29, 0.717) is 11.7 Å². The predicted octanol–water partition coefficient (Wildman–Crippen LogP) is 1.98. The number of hydrogen-bond donors (Lipinski definition) is 2. The largest absolute Gasteiger partial charge is 0.373 e. The Hall–Kier alpha value is -1.14. The molecular weight excluding hydrogens is 262 g/mol. The van der Waals surface area contributed by atoms with Gasteiger partial charge in [-0.2, -0.15) is 0 Å². The molecule has 2 N–H and O–H groups in total. The van der Waals surface area contributed by atoms with Crippen molar-refractivity contribution in [1.29, 1.82) is 0 Å². The van der Waals surface area contributed by atoms with Gasteiger partial charge in [-0.15, -0.1) is 0 Å². The Balaban J connectivity index is 2.10. The standard InChI is InChI=1S/C13H21N3O2S/c1-3-11(8-10-4-5-10)16-19(17,18)12-6-7-15-13(9-12)14-2/h6-7,9-11,16H,3-5,8H2,1-2H3,(H,14,15). The summed E-state index contributed by atoms with van der Waals surface area (Å²) in [5.41, 5.74) is 0. The van der Waals surface area contributed by atoms with E-state index < -0.39 is 10.0 Å². The van der Waals surface area contributed by atoms with Gasteiger partial charge in [0.2, 0.25) is 10.0 Å². The van der Waals surface area contributed by atoms with E-state index in [1.807, 2.05) is 6.92 Å². The normalized spacial score (nSPS) is 17.2. The van der Waals surface area contributed by atoms with E-state index in [1.54, 1.807) is 13.1 Å². The summed E-state index contributed by atoms with van der Waals surface area (Å²) in [5, 5.41) is 2.85. The molecule has 0 aromatic carbocycles. The van der Waals surface area contributed by atoms with Gasteiger partial charge >= 0.3 is 0 Å². The topological polar surface area (TPSA) is 71.1 Å². The highest BCUT2D eigenvalue weighted by Crippen LogP contribution is 2.34. The van der Waals surface area contributed by atoms with Crippen molar-refractivity contribution < 1.29 is 8.42 Å². The van der Waals surface area contributed by atoms with Crippen LogP contribution in [0.4, 0.5) is 5.82 Å². The molecule has 1 saturated carbocycles. The van der Waals surface area contributed by atoms with Crippen LogP contribution in [0.1, 0.15) is 32.6 Å². The Morgan fingerprint density at radius 3 is 2.79 bits per heavy atom. The van der Waals surface area contributed by atoms with Gasteiger partial charge in [-0.05, 0) is 24.8 Å². The van der Waals surface area contributed by atoms with Crippen molar-refractivity contribution >= 4 is 15.8 Å². The molecule has 1 heterocycles. The molecule has 0 spiro atoms. The number of nitrogens with one attached hydrogen (secondary N) is 2. The van der Waals surface area contributed by atoms with Crippen molar-refractivity contribution in [2.75, 3.05) is 12.4 Å². The highest BCUT2D eigenvalue weighted by Gasteiger charge is 2.27. The summed E-state index contributed by atoms with van der Waals surface area (Å²) in [6.45, 7) is 2.02. The molecule has 1 fully saturated rings. The Morgan fingerprint density at radius 2 is 2.21 bits per heavy atom. The van der Waals surface area contributed by atoms with Gasteiger partial charge in [-0.25, -0.2) is 18.1 Å². The van der Waals surface area contributed by atoms with Crippen molar-refractivity contribution in [3.05, 3.63) is 18.3 Å². The van der Waals surface area contributed by atoms with Gasteiger partial charge in [0.05, 0.1) is 4.90 Å². The van der Waals surface area contributed by atoms with E-state index in [0.717, 1.165) is 12.8 Å². The lowest BCUT2D eigenvalue weighted by atomic mass is 10.1. The molecule has 0 saturated heterocycles. The lowest BCUT2D eigenvalue weighted by molar-refractivity contribution is 0.495. The van der Waals surface area contributed by atoms with Gasteiger partial charge in [0, 0.05) is 25.4 Å². The van der Waals surface area contributed by atoms with E-state index in [9.17, 15) is 8.42 Å². The molecule has 1 unspecified atom stereocenters. The van der Waals surface area contributed by atoms with Crippen LogP contribution in [0.3, 0.4) is 0 Å². The van der Waals surface area contributed by atoms with Crippen LogP contribution < -0.4 is 10.0 Å². The Morgan fingerprint density at radius 1 is 1.47 bits per heavy atom. The van der Waals surface area contributed by atoms with E-state index in [2.05, 4.69) is 15.0 Å². The molecule has 1 aromatic rings. The van der Waals surface area contributed by atoms with Crippen LogP contribution in [0.25, 0.3) is 0 Å². The Kier molecular flexibility index (Phi) is 4.42. The molecule has 1 aromatic heterocycles. The highest BCUT2D eigenvalue weighted by molar-refractivity contribution is 7.89. The number of pyridine rings is 1. The van der Waals surface area contributed by atoms with Gasteiger partial charge in [-0.3, -0.25) is 0 Å². The van der Waals surface area contributed by atoms with E-state index in [-0.39, 0.29) is 10.9 Å². The quantitative estimate of drug-likeness (QED) is 0.802. The minimum absolute atomic E-state index is 0.0312. The summed E-state index contributed by atoms with van der Waals surface area (Å²) in [4.78, 5) is 4.29. The fourth-order valence-electron chi connectivity index (χ4n) is 2.06. The number of aromatic nitrogens is 1. The number of nitrogens with zero attached hydrogens (tertiary/aromatic N) is 1. The first-order valence-corrected chi connectivity index (χ1v) is 8.19. The van der Waals surface area contributed by atoms with Crippen LogP contribution in [0.2, 0.25) is 0 Å². The van der Waals surface area contributed by atoms with Crippen LogP contribution in [-0.4, -0.2) is 26.5 Å². The lowest BCUT2D eigenvalue weighted by Gasteiger charge is -2.17. The lowest BCUT2D eigenvalue weighted by Crippen LogP contribution is -2.34. The maximum Gasteiger partial charge on any atom is 0.241 e. The number of anilines is 1. The zero-order valence-electron chi connectivity index (χ0n) is 11.4. The second-order valence-electron chi connectivity index (χ2n) is 5.03. The first-order valence-electron chi connectivity index (χ1n) is 6.71. The third-order valence-electron chi connectivity index (χ3n) is 3.43. The molecule has 6 heteroatoms. The first-order chi connectivity index (χ1) is 9.05. The molecule has 0 bridgehead atoms. The minimum Gasteiger partial charge on any atom is -0.373 e. The molecule has 1 aliphatic rings. The van der Waals surface area contributed by atoms with Crippen molar-refractivity contribution in [1.82, 2.24) is 9.71 Å². The average molecular weight is 283 g/mol. The van der Waals surface area contributed by atoms with Crippen molar-refractivity contribution in [3.63, 3.8) is 0 Å². The van der Waals surface area contributed by atoms with Crippen LogP contribution in [0.15, 0.2) is 23.2 Å². The third kappa shape index (κ3) is 3.91. The Bertz CT molecular complexity index is 526. The molecule has 0 radical (unpaired) electrons. The number of rotatable bonds is 7. The molecule has 19 heavy (non-hydrogen) atoms. The van der Waals surface area contributed by atoms with E-state index in [4.69, 9.17) is 0 Å². The molecule has 1 atom stereocenters. The maximum absolute atomic E-state index is 12.3. The van der Waals surface area contributed by atoms with E-state index in [1.165, 1.54) is 25.1 Å². The maximum atomic E-state index is 12.3. The molecule has 2 rings (SSSR count). The summed E-state index contributed by atoms with van der Waals surface area (Å²) in [6, 6.07) is 3.10. The molecular formula is C13H21N3O2S. The molecule has 0 amide bonds. The van der Waals surface area contributed by atoms with E-state index >= 15 is 0 Å². The second kappa shape index (κ2) is 5.88. The minimum atomic E-state index is -3.45. The summed E-state index contributed by atoms with van der Waals surface area (Å²) in [7, 11) is -1.74. The monoisotopic (exact) mass is 283 g/mol. The van der Waals surface area contributed by atoms with Gasteiger partial charge in [-0.1, -0.05) is 19.8 Å². The van der Waals surface area contributed by atoms with Crippen molar-refractivity contribution in [3.8, 4) is 0 Å². The zero-order chi connectivity index (χ0) is 13.9. The van der Waals surface area contributed by atoms with Crippen LogP contribution >= 0.6 is 0 Å². The summed E-state index contributed by atoms with van der Waals surface area (Å²) in [6.07, 6.45) is 5.73. The van der Waals surface area contributed by atoms with Crippen LogP contribution in [-0.2, 0) is 10.0 Å². The molecule has 1 aliphatic carbocycles. The molecule has 0 aliphatic heterocycles. The fourth-order valence-corrected chi connectivity index (χ4v) is 3.40. The van der Waals surface area contributed by atoms with Crippen molar-refractivity contribution in [2.45, 2.75) is 43.5 Å². The summed E-state index contributed by atoms with van der Waals surface area (Å²) >= 11 is 0. The fraction of sp³-hybridized carbons (Fsp3) is 0.615. The van der Waals surface area contributed by atoms with Crippen LogP contribution in [0.5, 0.6) is 0 Å². The second-order valence-corrected chi connectivity index (χ2v) is 6.75. The average Bonchev–Trinajstić information content (AvgIpc) is 3.21. The van der Waals surface area contributed by atoms with Crippen LogP contribution in [0, 0.1) is 5.92 Å². The molecule has 5 nitrogen and oxygen atoms in total. The zero-order valence-corrected chi connectivity index (χ0v) is 12.2. The summed E-state index contributed by atoms with van der Waals surface area (Å²) < 4.78 is 27.4. The van der Waals surface area contributed by atoms with Gasteiger partial charge < -0.3 is 5.32 Å². The molecule has 106 valence electrons. The first kappa shape index (κ1) is 14.3. The SMILES string of the molecule is CCC(CC1CC1)NS(=O)(=O)c1ccnc(NC)c1. The third-order valence-corrected chi connectivity index (χ3v) is 4.95. The predicted molar refractivity (Wildman–Crippen MR) is 75.5 cm³/mol. The van der Waals surface area contributed by atoms with Gasteiger partial charge in [0.25, 0.3) is 0 Å². The number of sulfonamides is 1. The van der Waals surface area contributed by atoms with Crippen molar-refractivity contribution in [2.24, 2.45) is 5.92 Å². The summed E-state index contributed by atoms with van der Waals surface area (Å²) in [5.74, 6) is 1.26. The van der Waals surface area contributed by atoms with Gasteiger partial charge in [0.1, 0.15) is 5.82 Å². The smallest absolute Gasteiger partial charge is 0.241 e.